The largest absolute Gasteiger partial charge is 0.221 e. The van der Waals surface area contributed by atoms with Gasteiger partial charge >= 0.3 is 0 Å². The molecule has 0 aliphatic heterocycles. The van der Waals surface area contributed by atoms with Gasteiger partial charge in [0.15, 0.2) is 0 Å². The first-order valence-electron chi connectivity index (χ1n) is 6.44. The third-order valence-corrected chi connectivity index (χ3v) is 4.12. The molecule has 2 rings (SSSR count). The molecular weight excluding hydrogens is 255 g/mol. The number of halogens is 2. The summed E-state index contributed by atoms with van der Waals surface area (Å²) in [6.07, 6.45) is 8.28. The van der Waals surface area contributed by atoms with Gasteiger partial charge in [-0.3, -0.25) is 0 Å². The van der Waals surface area contributed by atoms with E-state index in [9.17, 15) is 0 Å². The van der Waals surface area contributed by atoms with Crippen molar-refractivity contribution in [3.63, 3.8) is 0 Å². The highest BCUT2D eigenvalue weighted by Crippen LogP contribution is 2.32. The second-order valence-corrected chi connectivity index (χ2v) is 5.40. The van der Waals surface area contributed by atoms with E-state index in [1.54, 1.807) is 0 Å². The Hall–Kier alpha value is -0.340. The lowest BCUT2D eigenvalue weighted by Gasteiger charge is -2.14. The topological polar surface area (TPSA) is 25.8 Å². The molecular formula is C13H18Cl2N2. The molecule has 17 heavy (non-hydrogen) atoms. The zero-order valence-electron chi connectivity index (χ0n) is 10.2. The second-order valence-electron chi connectivity index (χ2n) is 4.68. The first kappa shape index (κ1) is 13.1. The molecule has 0 atom stereocenters. The van der Waals surface area contributed by atoms with E-state index >= 15 is 0 Å². The Morgan fingerprint density at radius 1 is 1.00 bits per heavy atom. The SMILES string of the molecule is CCc1c(Cl)nc(C2CCCCCC2)nc1Cl. The van der Waals surface area contributed by atoms with Crippen LogP contribution in [0.2, 0.25) is 10.3 Å². The maximum absolute atomic E-state index is 6.16. The van der Waals surface area contributed by atoms with Crippen LogP contribution in [0.15, 0.2) is 0 Å². The molecule has 0 radical (unpaired) electrons. The summed E-state index contributed by atoms with van der Waals surface area (Å²) in [6.45, 7) is 2.02. The summed E-state index contributed by atoms with van der Waals surface area (Å²) in [6, 6.07) is 0. The molecule has 1 aliphatic rings. The molecule has 0 spiro atoms. The predicted octanol–water partition coefficient (Wildman–Crippen LogP) is 4.78. The summed E-state index contributed by atoms with van der Waals surface area (Å²) in [5.74, 6) is 1.29. The van der Waals surface area contributed by atoms with Crippen LogP contribution in [-0.4, -0.2) is 9.97 Å². The van der Waals surface area contributed by atoms with E-state index in [2.05, 4.69) is 9.97 Å². The van der Waals surface area contributed by atoms with Crippen LogP contribution < -0.4 is 0 Å². The smallest absolute Gasteiger partial charge is 0.137 e. The monoisotopic (exact) mass is 272 g/mol. The van der Waals surface area contributed by atoms with Gasteiger partial charge in [-0.15, -0.1) is 0 Å². The summed E-state index contributed by atoms with van der Waals surface area (Å²) in [7, 11) is 0. The van der Waals surface area contributed by atoms with E-state index < -0.39 is 0 Å². The normalized spacial score (nSPS) is 18.1. The summed E-state index contributed by atoms with van der Waals surface area (Å²) >= 11 is 12.3. The Labute approximate surface area is 113 Å². The molecule has 4 heteroatoms. The lowest BCUT2D eigenvalue weighted by atomic mass is 9.99. The molecule has 2 nitrogen and oxygen atoms in total. The standard InChI is InChI=1S/C13H18Cl2N2/c1-2-10-11(14)16-13(17-12(10)15)9-7-5-3-4-6-8-9/h9H,2-8H2,1H3. The fraction of sp³-hybridized carbons (Fsp3) is 0.692. The molecule has 0 bridgehead atoms. The van der Waals surface area contributed by atoms with Crippen molar-refractivity contribution in [2.24, 2.45) is 0 Å². The molecule has 94 valence electrons. The Kier molecular flexibility index (Phi) is 4.63. The van der Waals surface area contributed by atoms with Gasteiger partial charge in [-0.05, 0) is 19.3 Å². The number of hydrogen-bond donors (Lipinski definition) is 0. The minimum Gasteiger partial charge on any atom is -0.221 e. The van der Waals surface area contributed by atoms with Crippen LogP contribution >= 0.6 is 23.2 Å². The number of rotatable bonds is 2. The van der Waals surface area contributed by atoms with Crippen molar-refractivity contribution in [3.8, 4) is 0 Å². The van der Waals surface area contributed by atoms with Crippen molar-refractivity contribution < 1.29 is 0 Å². The summed E-state index contributed by atoms with van der Waals surface area (Å²) < 4.78 is 0. The Bertz CT molecular complexity index is 362. The van der Waals surface area contributed by atoms with E-state index in [-0.39, 0.29) is 0 Å². The Morgan fingerprint density at radius 3 is 2.00 bits per heavy atom. The third kappa shape index (κ3) is 3.11. The fourth-order valence-electron chi connectivity index (χ4n) is 2.46. The van der Waals surface area contributed by atoms with Crippen LogP contribution in [0.3, 0.4) is 0 Å². The molecule has 0 unspecified atom stereocenters. The maximum atomic E-state index is 6.16. The van der Waals surface area contributed by atoms with Crippen molar-refractivity contribution in [2.45, 2.75) is 57.8 Å². The van der Waals surface area contributed by atoms with E-state index in [4.69, 9.17) is 23.2 Å². The van der Waals surface area contributed by atoms with Crippen molar-refractivity contribution in [2.75, 3.05) is 0 Å². The van der Waals surface area contributed by atoms with Gasteiger partial charge in [0.1, 0.15) is 16.1 Å². The zero-order valence-corrected chi connectivity index (χ0v) is 11.7. The van der Waals surface area contributed by atoms with E-state index in [0.29, 0.717) is 16.2 Å². The number of hydrogen-bond acceptors (Lipinski definition) is 2. The van der Waals surface area contributed by atoms with Crippen molar-refractivity contribution in [3.05, 3.63) is 21.7 Å². The van der Waals surface area contributed by atoms with Crippen LogP contribution in [0.5, 0.6) is 0 Å². The molecule has 1 heterocycles. The first-order valence-corrected chi connectivity index (χ1v) is 7.19. The molecule has 1 saturated carbocycles. The molecule has 0 aromatic carbocycles. The molecule has 0 N–H and O–H groups in total. The van der Waals surface area contributed by atoms with Crippen molar-refractivity contribution in [1.29, 1.82) is 0 Å². The second kappa shape index (κ2) is 6.01. The van der Waals surface area contributed by atoms with Gasteiger partial charge in [0.25, 0.3) is 0 Å². The lowest BCUT2D eigenvalue weighted by Crippen LogP contribution is -2.06. The quantitative estimate of drug-likeness (QED) is 0.572. The van der Waals surface area contributed by atoms with Gasteiger partial charge in [-0.25, -0.2) is 9.97 Å². The molecule has 0 saturated heterocycles. The molecule has 0 amide bonds. The molecule has 1 fully saturated rings. The Morgan fingerprint density at radius 2 is 1.53 bits per heavy atom. The molecule has 1 aliphatic carbocycles. The average Bonchev–Trinajstić information content (AvgIpc) is 2.57. The molecule has 1 aromatic rings. The van der Waals surface area contributed by atoms with E-state index in [1.165, 1.54) is 25.7 Å². The average molecular weight is 273 g/mol. The van der Waals surface area contributed by atoms with Gasteiger partial charge in [-0.1, -0.05) is 55.8 Å². The lowest BCUT2D eigenvalue weighted by molar-refractivity contribution is 0.559. The maximum Gasteiger partial charge on any atom is 0.137 e. The van der Waals surface area contributed by atoms with Crippen molar-refractivity contribution >= 4 is 23.2 Å². The highest BCUT2D eigenvalue weighted by Gasteiger charge is 2.19. The van der Waals surface area contributed by atoms with Crippen molar-refractivity contribution in [1.82, 2.24) is 9.97 Å². The van der Waals surface area contributed by atoms with Gasteiger partial charge in [0.2, 0.25) is 0 Å². The highest BCUT2D eigenvalue weighted by molar-refractivity contribution is 6.34. The summed E-state index contributed by atoms with van der Waals surface area (Å²) in [5.41, 5.74) is 0.866. The van der Waals surface area contributed by atoms with E-state index in [1.807, 2.05) is 6.92 Å². The van der Waals surface area contributed by atoms with Crippen LogP contribution in [0.1, 0.15) is 62.8 Å². The van der Waals surface area contributed by atoms with Crippen LogP contribution in [0, 0.1) is 0 Å². The minimum atomic E-state index is 0.443. The van der Waals surface area contributed by atoms with Gasteiger partial charge in [0.05, 0.1) is 0 Å². The van der Waals surface area contributed by atoms with Crippen LogP contribution in [0.25, 0.3) is 0 Å². The van der Waals surface area contributed by atoms with E-state index in [0.717, 1.165) is 30.7 Å². The van der Waals surface area contributed by atoms with Gasteiger partial charge in [0, 0.05) is 11.5 Å². The fourth-order valence-corrected chi connectivity index (χ4v) is 3.13. The minimum absolute atomic E-state index is 0.443. The first-order chi connectivity index (χ1) is 8.22. The van der Waals surface area contributed by atoms with Gasteiger partial charge in [-0.2, -0.15) is 0 Å². The van der Waals surface area contributed by atoms with Crippen LogP contribution in [0.4, 0.5) is 0 Å². The van der Waals surface area contributed by atoms with Gasteiger partial charge < -0.3 is 0 Å². The van der Waals surface area contributed by atoms with Crippen LogP contribution in [-0.2, 0) is 6.42 Å². The highest BCUT2D eigenvalue weighted by atomic mass is 35.5. The summed E-state index contributed by atoms with van der Waals surface area (Å²) in [4.78, 5) is 8.88. The predicted molar refractivity (Wildman–Crippen MR) is 71.9 cm³/mol. The zero-order chi connectivity index (χ0) is 12.3. The number of nitrogens with zero attached hydrogens (tertiary/aromatic N) is 2. The summed E-state index contributed by atoms with van der Waals surface area (Å²) in [5, 5.41) is 1.07. The Balaban J connectivity index is 2.26. The number of aromatic nitrogens is 2. The molecule has 1 aromatic heterocycles. The third-order valence-electron chi connectivity index (χ3n) is 3.50.